The van der Waals surface area contributed by atoms with Crippen LogP contribution in [-0.2, 0) is 16.6 Å². The van der Waals surface area contributed by atoms with Crippen LogP contribution >= 0.6 is 0 Å². The first-order chi connectivity index (χ1) is 9.07. The van der Waals surface area contributed by atoms with Crippen LogP contribution in [0.4, 0.5) is 0 Å². The number of ketones is 1. The summed E-state index contributed by atoms with van der Waals surface area (Å²) in [6.07, 6.45) is 4.62. The molecule has 3 rings (SSSR count). The van der Waals surface area contributed by atoms with Gasteiger partial charge < -0.3 is 14.9 Å². The molecule has 2 aliphatic rings. The average molecular weight is 262 g/mol. The van der Waals surface area contributed by atoms with Gasteiger partial charge in [0.05, 0.1) is 7.11 Å². The van der Waals surface area contributed by atoms with Crippen molar-refractivity contribution in [1.82, 2.24) is 0 Å². The highest BCUT2D eigenvalue weighted by molar-refractivity contribution is 5.82. The lowest BCUT2D eigenvalue weighted by atomic mass is 9.69. The van der Waals surface area contributed by atoms with Gasteiger partial charge in [-0.15, -0.1) is 0 Å². The number of aromatic hydroxyl groups is 2. The fourth-order valence-corrected chi connectivity index (χ4v) is 3.78. The van der Waals surface area contributed by atoms with Crippen LogP contribution in [0.1, 0.15) is 43.2 Å². The molecule has 1 atom stereocenters. The summed E-state index contributed by atoms with van der Waals surface area (Å²) in [7, 11) is 1.43. The first kappa shape index (κ1) is 12.3. The third kappa shape index (κ3) is 1.70. The number of benzene rings is 1. The molecule has 1 aromatic rings. The molecule has 0 bridgehead atoms. The number of phenolic OH excluding ortho intramolecular Hbond substituents is 2. The van der Waals surface area contributed by atoms with E-state index in [0.717, 1.165) is 36.8 Å². The van der Waals surface area contributed by atoms with Gasteiger partial charge in [-0.05, 0) is 37.3 Å². The van der Waals surface area contributed by atoms with E-state index < -0.39 is 0 Å². The van der Waals surface area contributed by atoms with E-state index in [0.29, 0.717) is 12.8 Å². The Balaban J connectivity index is 2.16. The van der Waals surface area contributed by atoms with Crippen molar-refractivity contribution in [3.63, 3.8) is 0 Å². The molecule has 4 nitrogen and oxygen atoms in total. The van der Waals surface area contributed by atoms with Gasteiger partial charge in [-0.25, -0.2) is 0 Å². The first-order valence-electron chi connectivity index (χ1n) is 6.71. The van der Waals surface area contributed by atoms with E-state index in [1.807, 2.05) is 0 Å². The molecule has 1 saturated carbocycles. The van der Waals surface area contributed by atoms with Crippen molar-refractivity contribution in [2.24, 2.45) is 0 Å². The fraction of sp³-hybridized carbons (Fsp3) is 0.533. The second-order valence-electron chi connectivity index (χ2n) is 5.66. The van der Waals surface area contributed by atoms with Crippen LogP contribution in [0.25, 0.3) is 0 Å². The van der Waals surface area contributed by atoms with Crippen LogP contribution < -0.4 is 4.74 Å². The molecule has 0 amide bonds. The Morgan fingerprint density at radius 3 is 2.74 bits per heavy atom. The standard InChI is InChI=1S/C15H18O4/c1-19-14-11(17)7-9-4-6-15(12(9)13(14)18)5-2-3-10(16)8-15/h7,17-18H,2-6,8H2,1H3/t15-/m0/s1. The van der Waals surface area contributed by atoms with Gasteiger partial charge in [0.1, 0.15) is 5.78 Å². The number of carbonyl (C=O) groups excluding carboxylic acids is 1. The van der Waals surface area contributed by atoms with Crippen LogP contribution in [0.5, 0.6) is 17.2 Å². The molecule has 19 heavy (non-hydrogen) atoms. The van der Waals surface area contributed by atoms with Gasteiger partial charge in [0.25, 0.3) is 0 Å². The normalized spacial score (nSPS) is 25.6. The molecule has 1 aromatic carbocycles. The zero-order valence-electron chi connectivity index (χ0n) is 11.0. The molecule has 0 unspecified atom stereocenters. The van der Waals surface area contributed by atoms with Crippen molar-refractivity contribution in [2.75, 3.05) is 7.11 Å². The Hall–Kier alpha value is -1.71. The van der Waals surface area contributed by atoms with Crippen molar-refractivity contribution >= 4 is 5.78 Å². The molecule has 4 heteroatoms. The van der Waals surface area contributed by atoms with Gasteiger partial charge in [0.2, 0.25) is 5.75 Å². The number of ether oxygens (including phenoxy) is 1. The predicted molar refractivity (Wildman–Crippen MR) is 69.8 cm³/mol. The lowest BCUT2D eigenvalue weighted by molar-refractivity contribution is -0.122. The van der Waals surface area contributed by atoms with E-state index in [4.69, 9.17) is 4.74 Å². The third-order valence-electron chi connectivity index (χ3n) is 4.57. The van der Waals surface area contributed by atoms with Crippen molar-refractivity contribution < 1.29 is 19.7 Å². The molecule has 0 saturated heterocycles. The van der Waals surface area contributed by atoms with Gasteiger partial charge in [-0.1, -0.05) is 0 Å². The van der Waals surface area contributed by atoms with Gasteiger partial charge >= 0.3 is 0 Å². The quantitative estimate of drug-likeness (QED) is 0.815. The maximum Gasteiger partial charge on any atom is 0.203 e. The van der Waals surface area contributed by atoms with Crippen molar-refractivity contribution in [1.29, 1.82) is 0 Å². The highest BCUT2D eigenvalue weighted by atomic mass is 16.5. The molecule has 0 radical (unpaired) electrons. The Morgan fingerprint density at radius 2 is 2.05 bits per heavy atom. The SMILES string of the molecule is COc1c(O)cc2c(c1O)[C@@]1(CCCC(=O)C1)CC2. The van der Waals surface area contributed by atoms with E-state index in [-0.39, 0.29) is 28.4 Å². The number of rotatable bonds is 1. The lowest BCUT2D eigenvalue weighted by Gasteiger charge is -2.34. The Bertz CT molecular complexity index is 550. The first-order valence-corrected chi connectivity index (χ1v) is 6.71. The number of hydrogen-bond acceptors (Lipinski definition) is 4. The zero-order chi connectivity index (χ0) is 13.6. The number of methoxy groups -OCH3 is 1. The number of phenols is 2. The second-order valence-corrected chi connectivity index (χ2v) is 5.66. The lowest BCUT2D eigenvalue weighted by Crippen LogP contribution is -2.31. The van der Waals surface area contributed by atoms with Gasteiger partial charge in [-0.3, -0.25) is 4.79 Å². The highest BCUT2D eigenvalue weighted by Crippen LogP contribution is 2.55. The molecule has 2 aliphatic carbocycles. The fourth-order valence-electron chi connectivity index (χ4n) is 3.78. The molecular formula is C15H18O4. The summed E-state index contributed by atoms with van der Waals surface area (Å²) in [6.45, 7) is 0. The summed E-state index contributed by atoms with van der Waals surface area (Å²) in [5, 5.41) is 20.2. The van der Waals surface area contributed by atoms with Crippen LogP contribution in [-0.4, -0.2) is 23.1 Å². The maximum atomic E-state index is 11.8. The minimum absolute atomic E-state index is 0.0182. The monoisotopic (exact) mass is 262 g/mol. The number of fused-ring (bicyclic) bond motifs is 2. The molecule has 0 heterocycles. The molecule has 0 aromatic heterocycles. The molecule has 1 fully saturated rings. The minimum atomic E-state index is -0.240. The maximum absolute atomic E-state index is 11.8. The topological polar surface area (TPSA) is 66.8 Å². The van der Waals surface area contributed by atoms with Crippen molar-refractivity contribution in [2.45, 2.75) is 43.9 Å². The van der Waals surface area contributed by atoms with E-state index in [1.165, 1.54) is 7.11 Å². The summed E-state index contributed by atoms with van der Waals surface area (Å²) in [4.78, 5) is 11.8. The largest absolute Gasteiger partial charge is 0.504 e. The molecule has 0 aliphatic heterocycles. The summed E-state index contributed by atoms with van der Waals surface area (Å²) >= 11 is 0. The third-order valence-corrected chi connectivity index (χ3v) is 4.57. The Labute approximate surface area is 112 Å². The molecule has 1 spiro atoms. The number of hydrogen-bond donors (Lipinski definition) is 2. The number of carbonyl (C=O) groups is 1. The zero-order valence-corrected chi connectivity index (χ0v) is 11.0. The number of Topliss-reactive ketones (excluding diaryl/α,β-unsaturated/α-hetero) is 1. The van der Waals surface area contributed by atoms with Gasteiger partial charge in [-0.2, -0.15) is 0 Å². The van der Waals surface area contributed by atoms with Crippen LogP contribution in [0, 0.1) is 0 Å². The summed E-state index contributed by atoms with van der Waals surface area (Å²) in [5.41, 5.74) is 1.54. The summed E-state index contributed by atoms with van der Waals surface area (Å²) < 4.78 is 5.08. The van der Waals surface area contributed by atoms with Gasteiger partial charge in [0.15, 0.2) is 11.5 Å². The van der Waals surface area contributed by atoms with E-state index >= 15 is 0 Å². The molecular weight excluding hydrogens is 244 g/mol. The van der Waals surface area contributed by atoms with Crippen LogP contribution in [0.15, 0.2) is 6.07 Å². The Morgan fingerprint density at radius 1 is 1.26 bits per heavy atom. The average Bonchev–Trinajstić information content (AvgIpc) is 2.68. The summed E-state index contributed by atoms with van der Waals surface area (Å²) in [6, 6.07) is 1.67. The second kappa shape index (κ2) is 4.15. The smallest absolute Gasteiger partial charge is 0.203 e. The van der Waals surface area contributed by atoms with Gasteiger partial charge in [0, 0.05) is 23.8 Å². The highest BCUT2D eigenvalue weighted by Gasteiger charge is 2.45. The predicted octanol–water partition coefficient (Wildman–Crippen LogP) is 2.43. The van der Waals surface area contributed by atoms with Crippen molar-refractivity contribution in [3.8, 4) is 17.2 Å². The van der Waals surface area contributed by atoms with Crippen molar-refractivity contribution in [3.05, 3.63) is 17.2 Å². The number of aryl methyl sites for hydroxylation is 1. The molecule has 2 N–H and O–H groups in total. The van der Waals surface area contributed by atoms with Crippen LogP contribution in [0.2, 0.25) is 0 Å². The van der Waals surface area contributed by atoms with E-state index in [1.54, 1.807) is 6.07 Å². The van der Waals surface area contributed by atoms with E-state index in [2.05, 4.69) is 0 Å². The molecule has 102 valence electrons. The van der Waals surface area contributed by atoms with E-state index in [9.17, 15) is 15.0 Å². The van der Waals surface area contributed by atoms with Crippen LogP contribution in [0.3, 0.4) is 0 Å². The minimum Gasteiger partial charge on any atom is -0.504 e. The summed E-state index contributed by atoms with van der Waals surface area (Å²) in [5.74, 6) is 0.381. The Kier molecular flexibility index (Phi) is 2.69.